The maximum absolute atomic E-state index is 13.2. The summed E-state index contributed by atoms with van der Waals surface area (Å²) in [7, 11) is 1.59. The maximum atomic E-state index is 13.2. The third kappa shape index (κ3) is 2.35. The fourth-order valence-electron chi connectivity index (χ4n) is 2.47. The molecule has 1 aliphatic rings. The Labute approximate surface area is 95.1 Å². The van der Waals surface area contributed by atoms with Crippen LogP contribution in [0.25, 0.3) is 0 Å². The molecule has 0 aromatic heterocycles. The largest absolute Gasteiger partial charge is 0.496 e. The van der Waals surface area contributed by atoms with Crippen LogP contribution in [0.15, 0.2) is 18.2 Å². The van der Waals surface area contributed by atoms with Gasteiger partial charge in [0.15, 0.2) is 0 Å². The van der Waals surface area contributed by atoms with Gasteiger partial charge in [0.1, 0.15) is 11.6 Å². The van der Waals surface area contributed by atoms with Gasteiger partial charge in [-0.2, -0.15) is 0 Å². The van der Waals surface area contributed by atoms with Crippen LogP contribution in [0.1, 0.15) is 37.2 Å². The van der Waals surface area contributed by atoms with Crippen LogP contribution in [0.5, 0.6) is 5.75 Å². The van der Waals surface area contributed by atoms with Crippen molar-refractivity contribution in [3.63, 3.8) is 0 Å². The van der Waals surface area contributed by atoms with Gasteiger partial charge in [-0.1, -0.05) is 6.42 Å². The number of aliphatic hydroxyl groups is 1. The predicted octanol–water partition coefficient (Wildman–Crippen LogP) is 2.85. The zero-order valence-corrected chi connectivity index (χ0v) is 9.45. The first-order valence-electron chi connectivity index (χ1n) is 5.72. The van der Waals surface area contributed by atoms with Crippen molar-refractivity contribution >= 4 is 0 Å². The van der Waals surface area contributed by atoms with Crippen LogP contribution in [-0.2, 0) is 0 Å². The molecule has 0 amide bonds. The van der Waals surface area contributed by atoms with Crippen molar-refractivity contribution < 1.29 is 14.2 Å². The number of hydrogen-bond acceptors (Lipinski definition) is 2. The topological polar surface area (TPSA) is 29.5 Å². The van der Waals surface area contributed by atoms with Crippen LogP contribution in [-0.4, -0.2) is 18.3 Å². The molecule has 1 aromatic carbocycles. The van der Waals surface area contributed by atoms with Crippen LogP contribution in [0, 0.1) is 5.82 Å². The molecular weight excluding hydrogens is 207 g/mol. The molecule has 1 saturated carbocycles. The van der Waals surface area contributed by atoms with Crippen molar-refractivity contribution in [1.29, 1.82) is 0 Å². The molecule has 0 aliphatic heterocycles. The molecule has 3 heteroatoms. The lowest BCUT2D eigenvalue weighted by atomic mass is 9.82. The molecule has 1 aliphatic carbocycles. The summed E-state index contributed by atoms with van der Waals surface area (Å²) in [6, 6.07) is 4.59. The number of methoxy groups -OCH3 is 1. The summed E-state index contributed by atoms with van der Waals surface area (Å²) in [6.07, 6.45) is 3.29. The molecule has 0 radical (unpaired) electrons. The molecule has 0 bridgehead atoms. The molecule has 2 rings (SSSR count). The number of rotatable bonds is 2. The average Bonchev–Trinajstić information content (AvgIpc) is 2.29. The Morgan fingerprint density at radius 3 is 2.88 bits per heavy atom. The fraction of sp³-hybridized carbons (Fsp3) is 0.538. The van der Waals surface area contributed by atoms with E-state index in [-0.39, 0.29) is 17.8 Å². The zero-order chi connectivity index (χ0) is 11.5. The van der Waals surface area contributed by atoms with Gasteiger partial charge in [0, 0.05) is 5.56 Å². The first kappa shape index (κ1) is 11.4. The minimum Gasteiger partial charge on any atom is -0.496 e. The number of hydrogen-bond donors (Lipinski definition) is 1. The smallest absolute Gasteiger partial charge is 0.123 e. The van der Waals surface area contributed by atoms with Crippen molar-refractivity contribution in [2.24, 2.45) is 0 Å². The third-order valence-corrected chi connectivity index (χ3v) is 3.28. The van der Waals surface area contributed by atoms with Gasteiger partial charge in [-0.05, 0) is 43.4 Å². The van der Waals surface area contributed by atoms with E-state index in [0.29, 0.717) is 6.42 Å². The molecule has 2 atom stereocenters. The number of benzene rings is 1. The van der Waals surface area contributed by atoms with E-state index in [4.69, 9.17) is 4.74 Å². The standard InChI is InChI=1S/C13H17FO2/c1-16-13-6-5-10(14)8-12(13)9-3-2-4-11(15)7-9/h5-6,8-9,11,15H,2-4,7H2,1H3. The molecule has 1 fully saturated rings. The van der Waals surface area contributed by atoms with Crippen molar-refractivity contribution in [1.82, 2.24) is 0 Å². The Bertz CT molecular complexity index is 365. The van der Waals surface area contributed by atoms with Crippen molar-refractivity contribution in [3.8, 4) is 5.75 Å². The lowest BCUT2D eigenvalue weighted by Gasteiger charge is -2.27. The third-order valence-electron chi connectivity index (χ3n) is 3.28. The van der Waals surface area contributed by atoms with Gasteiger partial charge in [-0.15, -0.1) is 0 Å². The molecule has 16 heavy (non-hydrogen) atoms. The Kier molecular flexibility index (Phi) is 3.44. The number of aliphatic hydroxyl groups excluding tert-OH is 1. The lowest BCUT2D eigenvalue weighted by Crippen LogP contribution is -2.18. The van der Waals surface area contributed by atoms with Gasteiger partial charge in [0.2, 0.25) is 0 Å². The summed E-state index contributed by atoms with van der Waals surface area (Å²) in [6.45, 7) is 0. The Hall–Kier alpha value is -1.09. The van der Waals surface area contributed by atoms with Gasteiger partial charge in [-0.3, -0.25) is 0 Å². The SMILES string of the molecule is COc1ccc(F)cc1C1CCCC(O)C1. The Morgan fingerprint density at radius 1 is 1.38 bits per heavy atom. The summed E-state index contributed by atoms with van der Waals surface area (Å²) < 4.78 is 18.5. The van der Waals surface area contributed by atoms with E-state index in [9.17, 15) is 9.50 Å². The van der Waals surface area contributed by atoms with Crippen LogP contribution in [0.3, 0.4) is 0 Å². The summed E-state index contributed by atoms with van der Waals surface area (Å²) in [5, 5.41) is 9.64. The van der Waals surface area contributed by atoms with E-state index < -0.39 is 0 Å². The van der Waals surface area contributed by atoms with Crippen molar-refractivity contribution in [2.45, 2.75) is 37.7 Å². The van der Waals surface area contributed by atoms with E-state index >= 15 is 0 Å². The highest BCUT2D eigenvalue weighted by molar-refractivity contribution is 5.37. The monoisotopic (exact) mass is 224 g/mol. The van der Waals surface area contributed by atoms with E-state index in [1.165, 1.54) is 12.1 Å². The molecule has 0 spiro atoms. The highest BCUT2D eigenvalue weighted by Crippen LogP contribution is 2.37. The van der Waals surface area contributed by atoms with E-state index in [2.05, 4.69) is 0 Å². The van der Waals surface area contributed by atoms with Crippen LogP contribution in [0.4, 0.5) is 4.39 Å². The first-order chi connectivity index (χ1) is 7.70. The lowest BCUT2D eigenvalue weighted by molar-refractivity contribution is 0.119. The van der Waals surface area contributed by atoms with Gasteiger partial charge in [0.25, 0.3) is 0 Å². The second kappa shape index (κ2) is 4.83. The van der Waals surface area contributed by atoms with E-state index in [1.54, 1.807) is 13.2 Å². The highest BCUT2D eigenvalue weighted by atomic mass is 19.1. The van der Waals surface area contributed by atoms with Gasteiger partial charge >= 0.3 is 0 Å². The van der Waals surface area contributed by atoms with Gasteiger partial charge in [-0.25, -0.2) is 4.39 Å². The van der Waals surface area contributed by atoms with Crippen LogP contribution >= 0.6 is 0 Å². The Balaban J connectivity index is 2.26. The van der Waals surface area contributed by atoms with Gasteiger partial charge in [0.05, 0.1) is 13.2 Å². The summed E-state index contributed by atoms with van der Waals surface area (Å²) in [4.78, 5) is 0. The molecule has 0 saturated heterocycles. The summed E-state index contributed by atoms with van der Waals surface area (Å²) >= 11 is 0. The molecule has 0 heterocycles. The normalized spacial score (nSPS) is 25.4. The number of halogens is 1. The summed E-state index contributed by atoms with van der Waals surface area (Å²) in [5.41, 5.74) is 0.890. The fourth-order valence-corrected chi connectivity index (χ4v) is 2.47. The minimum absolute atomic E-state index is 0.217. The zero-order valence-electron chi connectivity index (χ0n) is 9.45. The molecule has 1 aromatic rings. The second-order valence-corrected chi connectivity index (χ2v) is 4.40. The minimum atomic E-state index is -0.258. The average molecular weight is 224 g/mol. The van der Waals surface area contributed by atoms with Crippen molar-refractivity contribution in [2.75, 3.05) is 7.11 Å². The van der Waals surface area contributed by atoms with E-state index in [1.807, 2.05) is 0 Å². The van der Waals surface area contributed by atoms with Crippen LogP contribution < -0.4 is 4.74 Å². The van der Waals surface area contributed by atoms with Gasteiger partial charge < -0.3 is 9.84 Å². The molecule has 2 unspecified atom stereocenters. The molecule has 88 valence electrons. The highest BCUT2D eigenvalue weighted by Gasteiger charge is 2.24. The van der Waals surface area contributed by atoms with Crippen molar-refractivity contribution in [3.05, 3.63) is 29.6 Å². The quantitative estimate of drug-likeness (QED) is 0.837. The predicted molar refractivity (Wildman–Crippen MR) is 60.2 cm³/mol. The summed E-state index contributed by atoms with van der Waals surface area (Å²) in [5.74, 6) is 0.700. The maximum Gasteiger partial charge on any atom is 0.123 e. The molecule has 1 N–H and O–H groups in total. The molecule has 2 nitrogen and oxygen atoms in total. The van der Waals surface area contributed by atoms with E-state index in [0.717, 1.165) is 30.6 Å². The second-order valence-electron chi connectivity index (χ2n) is 4.40. The first-order valence-corrected chi connectivity index (χ1v) is 5.72. The number of ether oxygens (including phenoxy) is 1. The Morgan fingerprint density at radius 2 is 2.19 bits per heavy atom. The molecular formula is C13H17FO2. The van der Waals surface area contributed by atoms with Crippen LogP contribution in [0.2, 0.25) is 0 Å².